The quantitative estimate of drug-likeness (QED) is 0.633. The highest BCUT2D eigenvalue weighted by molar-refractivity contribution is 5.81. The van der Waals surface area contributed by atoms with Gasteiger partial charge in [-0.2, -0.15) is 0 Å². The highest BCUT2D eigenvalue weighted by Crippen LogP contribution is 2.29. The van der Waals surface area contributed by atoms with Gasteiger partial charge in [0, 0.05) is 32.0 Å². The van der Waals surface area contributed by atoms with Crippen LogP contribution in [0.3, 0.4) is 0 Å². The van der Waals surface area contributed by atoms with Crippen LogP contribution in [-0.2, 0) is 9.53 Å². The second-order valence-corrected chi connectivity index (χ2v) is 6.49. The second kappa shape index (κ2) is 7.39. The molecule has 0 saturated heterocycles. The van der Waals surface area contributed by atoms with Crippen molar-refractivity contribution in [3.63, 3.8) is 0 Å². The van der Waals surface area contributed by atoms with Crippen LogP contribution in [0.15, 0.2) is 0 Å². The maximum absolute atomic E-state index is 12.0. The standard InChI is InChI=1S/C16H29NO2/c1-3-13-6-7-16(18)15(10-13)11-17(2)8-9-19-12-14-4-5-14/h13-15H,3-12H2,1-2H3. The van der Waals surface area contributed by atoms with E-state index in [-0.39, 0.29) is 5.92 Å². The predicted octanol–water partition coefficient (Wildman–Crippen LogP) is 2.74. The third-order valence-electron chi connectivity index (χ3n) is 4.65. The fraction of sp³-hybridized carbons (Fsp3) is 0.938. The first kappa shape index (κ1) is 15.0. The zero-order valence-corrected chi connectivity index (χ0v) is 12.6. The Bertz CT molecular complexity index is 288. The molecule has 0 N–H and O–H groups in total. The molecule has 3 nitrogen and oxygen atoms in total. The fourth-order valence-corrected chi connectivity index (χ4v) is 2.97. The fourth-order valence-electron chi connectivity index (χ4n) is 2.97. The number of Topliss-reactive ketones (excluding diaryl/α,β-unsaturated/α-hetero) is 1. The summed E-state index contributed by atoms with van der Waals surface area (Å²) in [5.74, 6) is 2.36. The minimum absolute atomic E-state index is 0.270. The van der Waals surface area contributed by atoms with Crippen molar-refractivity contribution in [1.82, 2.24) is 4.90 Å². The van der Waals surface area contributed by atoms with Crippen LogP contribution in [0.2, 0.25) is 0 Å². The normalized spacial score (nSPS) is 28.1. The van der Waals surface area contributed by atoms with Gasteiger partial charge < -0.3 is 9.64 Å². The van der Waals surface area contributed by atoms with Crippen LogP contribution in [0.5, 0.6) is 0 Å². The molecule has 0 radical (unpaired) electrons. The lowest BCUT2D eigenvalue weighted by molar-refractivity contribution is -0.126. The number of rotatable bonds is 8. The highest BCUT2D eigenvalue weighted by atomic mass is 16.5. The van der Waals surface area contributed by atoms with Crippen molar-refractivity contribution in [3.8, 4) is 0 Å². The summed E-state index contributed by atoms with van der Waals surface area (Å²) >= 11 is 0. The van der Waals surface area contributed by atoms with E-state index in [9.17, 15) is 4.79 Å². The molecule has 0 spiro atoms. The lowest BCUT2D eigenvalue weighted by Gasteiger charge is -2.30. The van der Waals surface area contributed by atoms with E-state index in [0.29, 0.717) is 5.78 Å². The number of hydrogen-bond donors (Lipinski definition) is 0. The van der Waals surface area contributed by atoms with Crippen LogP contribution in [-0.4, -0.2) is 44.0 Å². The molecule has 2 atom stereocenters. The molecule has 2 aliphatic carbocycles. The van der Waals surface area contributed by atoms with Crippen molar-refractivity contribution in [1.29, 1.82) is 0 Å². The lowest BCUT2D eigenvalue weighted by atomic mass is 9.79. The second-order valence-electron chi connectivity index (χ2n) is 6.49. The van der Waals surface area contributed by atoms with Gasteiger partial charge in [0.25, 0.3) is 0 Å². The van der Waals surface area contributed by atoms with E-state index in [2.05, 4.69) is 18.9 Å². The van der Waals surface area contributed by atoms with E-state index in [1.807, 2.05) is 0 Å². The zero-order valence-electron chi connectivity index (χ0n) is 12.6. The van der Waals surface area contributed by atoms with Crippen molar-refractivity contribution in [2.45, 2.75) is 45.4 Å². The van der Waals surface area contributed by atoms with Crippen LogP contribution in [0.4, 0.5) is 0 Å². The third kappa shape index (κ3) is 5.23. The summed E-state index contributed by atoms with van der Waals surface area (Å²) in [4.78, 5) is 14.2. The van der Waals surface area contributed by atoms with Gasteiger partial charge in [-0.1, -0.05) is 13.3 Å². The molecule has 2 unspecified atom stereocenters. The monoisotopic (exact) mass is 267 g/mol. The van der Waals surface area contributed by atoms with Gasteiger partial charge in [0.05, 0.1) is 6.61 Å². The molecule has 0 aliphatic heterocycles. The summed E-state index contributed by atoms with van der Waals surface area (Å²) < 4.78 is 5.66. The number of hydrogen-bond acceptors (Lipinski definition) is 3. The van der Waals surface area contributed by atoms with Crippen LogP contribution in [0.25, 0.3) is 0 Å². The Morgan fingerprint density at radius 2 is 2.05 bits per heavy atom. The molecule has 0 heterocycles. The topological polar surface area (TPSA) is 29.5 Å². The number of ether oxygens (including phenoxy) is 1. The van der Waals surface area contributed by atoms with Gasteiger partial charge in [0.2, 0.25) is 0 Å². The summed E-state index contributed by atoms with van der Waals surface area (Å²) in [7, 11) is 2.11. The van der Waals surface area contributed by atoms with Gasteiger partial charge in [0.1, 0.15) is 5.78 Å². The van der Waals surface area contributed by atoms with Gasteiger partial charge in [-0.25, -0.2) is 0 Å². The summed E-state index contributed by atoms with van der Waals surface area (Å²) in [6, 6.07) is 0. The summed E-state index contributed by atoms with van der Waals surface area (Å²) in [5.41, 5.74) is 0. The largest absolute Gasteiger partial charge is 0.380 e. The van der Waals surface area contributed by atoms with E-state index in [4.69, 9.17) is 4.74 Å². The number of ketones is 1. The number of carbonyl (C=O) groups excluding carboxylic acids is 1. The molecular weight excluding hydrogens is 238 g/mol. The maximum atomic E-state index is 12.0. The van der Waals surface area contributed by atoms with Gasteiger partial charge in [0.15, 0.2) is 0 Å². The molecule has 110 valence electrons. The Labute approximate surface area is 117 Å². The predicted molar refractivity (Wildman–Crippen MR) is 77.2 cm³/mol. The smallest absolute Gasteiger partial charge is 0.137 e. The summed E-state index contributed by atoms with van der Waals surface area (Å²) in [6.07, 6.45) is 6.94. The number of likely N-dealkylation sites (N-methyl/N-ethyl adjacent to an activating group) is 1. The Balaban J connectivity index is 1.61. The summed E-state index contributed by atoms with van der Waals surface area (Å²) in [5, 5.41) is 0. The molecule has 2 fully saturated rings. The number of nitrogens with zero attached hydrogens (tertiary/aromatic N) is 1. The minimum Gasteiger partial charge on any atom is -0.380 e. The van der Waals surface area contributed by atoms with Crippen molar-refractivity contribution in [2.24, 2.45) is 17.8 Å². The Morgan fingerprint density at radius 3 is 2.74 bits per heavy atom. The Morgan fingerprint density at radius 1 is 1.26 bits per heavy atom. The number of carbonyl (C=O) groups is 1. The van der Waals surface area contributed by atoms with Crippen molar-refractivity contribution >= 4 is 5.78 Å². The average Bonchev–Trinajstić information content (AvgIpc) is 3.21. The van der Waals surface area contributed by atoms with Crippen molar-refractivity contribution in [3.05, 3.63) is 0 Å². The third-order valence-corrected chi connectivity index (χ3v) is 4.65. The minimum atomic E-state index is 0.270. The molecule has 2 aliphatic rings. The van der Waals surface area contributed by atoms with Gasteiger partial charge in [-0.15, -0.1) is 0 Å². The lowest BCUT2D eigenvalue weighted by Crippen LogP contribution is -2.36. The van der Waals surface area contributed by atoms with Gasteiger partial charge in [-0.3, -0.25) is 4.79 Å². The van der Waals surface area contributed by atoms with Crippen molar-refractivity contribution < 1.29 is 9.53 Å². The van der Waals surface area contributed by atoms with Gasteiger partial charge >= 0.3 is 0 Å². The Kier molecular flexibility index (Phi) is 5.83. The molecule has 0 aromatic carbocycles. The first-order valence-corrected chi connectivity index (χ1v) is 7.98. The van der Waals surface area contributed by atoms with E-state index in [1.54, 1.807) is 0 Å². The molecule has 2 saturated carbocycles. The van der Waals surface area contributed by atoms with Crippen LogP contribution in [0.1, 0.15) is 45.4 Å². The summed E-state index contributed by atoms with van der Waals surface area (Å²) in [6.45, 7) is 5.86. The first-order valence-electron chi connectivity index (χ1n) is 7.98. The zero-order chi connectivity index (χ0) is 13.7. The molecule has 0 bridgehead atoms. The van der Waals surface area contributed by atoms with E-state index in [0.717, 1.165) is 57.4 Å². The van der Waals surface area contributed by atoms with E-state index < -0.39 is 0 Å². The highest BCUT2D eigenvalue weighted by Gasteiger charge is 2.28. The van der Waals surface area contributed by atoms with Gasteiger partial charge in [-0.05, 0) is 44.6 Å². The molecular formula is C16H29NO2. The van der Waals surface area contributed by atoms with Crippen molar-refractivity contribution in [2.75, 3.05) is 33.4 Å². The Hall–Kier alpha value is -0.410. The average molecular weight is 267 g/mol. The molecule has 0 aromatic heterocycles. The van der Waals surface area contributed by atoms with Crippen LogP contribution in [0, 0.1) is 17.8 Å². The van der Waals surface area contributed by atoms with Crippen LogP contribution >= 0.6 is 0 Å². The molecule has 19 heavy (non-hydrogen) atoms. The first-order chi connectivity index (χ1) is 9.19. The molecule has 0 amide bonds. The van der Waals surface area contributed by atoms with E-state index >= 15 is 0 Å². The van der Waals surface area contributed by atoms with E-state index in [1.165, 1.54) is 19.3 Å². The molecule has 0 aromatic rings. The van der Waals surface area contributed by atoms with Crippen LogP contribution < -0.4 is 0 Å². The molecule has 2 rings (SSSR count). The maximum Gasteiger partial charge on any atom is 0.137 e. The SMILES string of the molecule is CCC1CCC(=O)C(CN(C)CCOCC2CC2)C1. The molecule has 3 heteroatoms.